The van der Waals surface area contributed by atoms with Crippen LogP contribution in [0, 0.1) is 0 Å². The third kappa shape index (κ3) is 2.58. The largest absolute Gasteiger partial charge is 0.495 e. The molecule has 2 aromatic rings. The van der Waals surface area contributed by atoms with Crippen LogP contribution in [0.2, 0.25) is 10.0 Å². The number of hydrogen-bond donors (Lipinski definition) is 1. The van der Waals surface area contributed by atoms with Gasteiger partial charge in [0.05, 0.1) is 13.3 Å². The first kappa shape index (κ1) is 13.1. The zero-order chi connectivity index (χ0) is 13.1. The number of ether oxygens (including phenoxy) is 1. The van der Waals surface area contributed by atoms with Gasteiger partial charge in [0.25, 0.3) is 0 Å². The SMILES string of the molecule is COc1cncc(C(O)c2c(Cl)cccc2Cl)c1. The lowest BCUT2D eigenvalue weighted by Gasteiger charge is -2.15. The molecule has 0 spiro atoms. The van der Waals surface area contributed by atoms with Gasteiger partial charge in [-0.2, -0.15) is 0 Å². The van der Waals surface area contributed by atoms with Crippen LogP contribution < -0.4 is 4.74 Å². The topological polar surface area (TPSA) is 42.4 Å². The maximum absolute atomic E-state index is 10.3. The first-order valence-electron chi connectivity index (χ1n) is 5.24. The average Bonchev–Trinajstić information content (AvgIpc) is 2.38. The van der Waals surface area contributed by atoms with E-state index in [1.54, 1.807) is 36.7 Å². The van der Waals surface area contributed by atoms with E-state index in [-0.39, 0.29) is 0 Å². The molecule has 18 heavy (non-hydrogen) atoms. The van der Waals surface area contributed by atoms with Crippen LogP contribution in [0.3, 0.4) is 0 Å². The molecule has 0 radical (unpaired) electrons. The molecule has 1 aromatic carbocycles. The average molecular weight is 284 g/mol. The molecule has 0 bridgehead atoms. The molecular formula is C13H11Cl2NO2. The Morgan fingerprint density at radius 2 is 1.89 bits per heavy atom. The minimum atomic E-state index is -0.936. The van der Waals surface area contributed by atoms with Crippen molar-refractivity contribution >= 4 is 23.2 Å². The van der Waals surface area contributed by atoms with E-state index < -0.39 is 6.10 Å². The monoisotopic (exact) mass is 283 g/mol. The Balaban J connectivity index is 2.44. The number of methoxy groups -OCH3 is 1. The number of benzene rings is 1. The van der Waals surface area contributed by atoms with Crippen LogP contribution in [0.4, 0.5) is 0 Å². The summed E-state index contributed by atoms with van der Waals surface area (Å²) in [7, 11) is 1.54. The molecular weight excluding hydrogens is 273 g/mol. The number of nitrogens with zero attached hydrogens (tertiary/aromatic N) is 1. The van der Waals surface area contributed by atoms with Gasteiger partial charge in [-0.25, -0.2) is 0 Å². The van der Waals surface area contributed by atoms with Crippen LogP contribution >= 0.6 is 23.2 Å². The Kier molecular flexibility index (Phi) is 4.07. The lowest BCUT2D eigenvalue weighted by atomic mass is 10.0. The van der Waals surface area contributed by atoms with Crippen molar-refractivity contribution in [3.63, 3.8) is 0 Å². The van der Waals surface area contributed by atoms with Gasteiger partial charge in [0.15, 0.2) is 0 Å². The van der Waals surface area contributed by atoms with E-state index in [0.717, 1.165) is 0 Å². The highest BCUT2D eigenvalue weighted by molar-refractivity contribution is 6.36. The fourth-order valence-corrected chi connectivity index (χ4v) is 2.24. The first-order valence-corrected chi connectivity index (χ1v) is 6.00. The molecule has 0 fully saturated rings. The minimum Gasteiger partial charge on any atom is -0.495 e. The van der Waals surface area contributed by atoms with Crippen molar-refractivity contribution in [2.45, 2.75) is 6.10 Å². The minimum absolute atomic E-state index is 0.415. The number of aromatic nitrogens is 1. The third-order valence-corrected chi connectivity index (χ3v) is 3.22. The van der Waals surface area contributed by atoms with Crippen molar-refractivity contribution in [1.29, 1.82) is 0 Å². The van der Waals surface area contributed by atoms with Crippen LogP contribution in [-0.2, 0) is 0 Å². The van der Waals surface area contributed by atoms with Crippen LogP contribution in [0.25, 0.3) is 0 Å². The number of pyridine rings is 1. The molecule has 1 atom stereocenters. The molecule has 0 amide bonds. The van der Waals surface area contributed by atoms with Gasteiger partial charge in [-0.3, -0.25) is 4.98 Å². The highest BCUT2D eigenvalue weighted by atomic mass is 35.5. The van der Waals surface area contributed by atoms with Gasteiger partial charge < -0.3 is 9.84 Å². The second-order valence-electron chi connectivity index (χ2n) is 3.70. The summed E-state index contributed by atoms with van der Waals surface area (Å²) in [6.45, 7) is 0. The van der Waals surface area contributed by atoms with E-state index in [1.165, 1.54) is 7.11 Å². The van der Waals surface area contributed by atoms with E-state index in [0.29, 0.717) is 26.9 Å². The molecule has 0 saturated heterocycles. The standard InChI is InChI=1S/C13H11Cl2NO2/c1-18-9-5-8(6-16-7-9)13(17)12-10(14)3-2-4-11(12)15/h2-7,13,17H,1H3. The number of aliphatic hydroxyl groups is 1. The predicted molar refractivity (Wildman–Crippen MR) is 71.3 cm³/mol. The smallest absolute Gasteiger partial charge is 0.137 e. The molecule has 94 valence electrons. The Morgan fingerprint density at radius 1 is 1.22 bits per heavy atom. The summed E-state index contributed by atoms with van der Waals surface area (Å²) in [4.78, 5) is 3.99. The summed E-state index contributed by atoms with van der Waals surface area (Å²) in [5, 5.41) is 11.1. The Bertz CT molecular complexity index is 540. The maximum Gasteiger partial charge on any atom is 0.137 e. The molecule has 1 heterocycles. The molecule has 0 aliphatic heterocycles. The highest BCUT2D eigenvalue weighted by Crippen LogP contribution is 2.34. The van der Waals surface area contributed by atoms with E-state index in [9.17, 15) is 5.11 Å². The molecule has 3 nitrogen and oxygen atoms in total. The van der Waals surface area contributed by atoms with Gasteiger partial charge in [0, 0.05) is 27.4 Å². The normalized spacial score (nSPS) is 12.2. The molecule has 0 aliphatic carbocycles. The van der Waals surface area contributed by atoms with Crippen LogP contribution in [0.15, 0.2) is 36.7 Å². The lowest BCUT2D eigenvalue weighted by molar-refractivity contribution is 0.219. The fourth-order valence-electron chi connectivity index (χ4n) is 1.64. The number of rotatable bonds is 3. The number of hydrogen-bond acceptors (Lipinski definition) is 3. The zero-order valence-electron chi connectivity index (χ0n) is 9.60. The van der Waals surface area contributed by atoms with Crippen molar-refractivity contribution < 1.29 is 9.84 Å². The van der Waals surface area contributed by atoms with E-state index in [2.05, 4.69) is 4.98 Å². The quantitative estimate of drug-likeness (QED) is 0.938. The van der Waals surface area contributed by atoms with Gasteiger partial charge in [0.1, 0.15) is 11.9 Å². The second kappa shape index (κ2) is 5.57. The third-order valence-electron chi connectivity index (χ3n) is 2.56. The zero-order valence-corrected chi connectivity index (χ0v) is 11.1. The molecule has 5 heteroatoms. The molecule has 2 rings (SSSR count). The summed E-state index contributed by atoms with van der Waals surface area (Å²) < 4.78 is 5.06. The van der Waals surface area contributed by atoms with E-state index in [1.807, 2.05) is 0 Å². The van der Waals surface area contributed by atoms with Gasteiger partial charge in [-0.05, 0) is 18.2 Å². The summed E-state index contributed by atoms with van der Waals surface area (Å²) in [5.74, 6) is 0.565. The van der Waals surface area contributed by atoms with Crippen LogP contribution in [-0.4, -0.2) is 17.2 Å². The number of aliphatic hydroxyl groups excluding tert-OH is 1. The Morgan fingerprint density at radius 3 is 2.50 bits per heavy atom. The maximum atomic E-state index is 10.3. The van der Waals surface area contributed by atoms with Gasteiger partial charge in [-0.15, -0.1) is 0 Å². The van der Waals surface area contributed by atoms with E-state index in [4.69, 9.17) is 27.9 Å². The predicted octanol–water partition coefficient (Wildman–Crippen LogP) is 3.48. The summed E-state index contributed by atoms with van der Waals surface area (Å²) in [6.07, 6.45) is 2.17. The van der Waals surface area contributed by atoms with Gasteiger partial charge >= 0.3 is 0 Å². The number of halogens is 2. The van der Waals surface area contributed by atoms with Crippen LogP contribution in [0.5, 0.6) is 5.75 Å². The van der Waals surface area contributed by atoms with Crippen molar-refractivity contribution in [2.24, 2.45) is 0 Å². The lowest BCUT2D eigenvalue weighted by Crippen LogP contribution is -2.02. The molecule has 1 unspecified atom stereocenters. The molecule has 1 aromatic heterocycles. The van der Waals surface area contributed by atoms with E-state index >= 15 is 0 Å². The highest BCUT2D eigenvalue weighted by Gasteiger charge is 2.18. The van der Waals surface area contributed by atoms with Crippen molar-refractivity contribution in [2.75, 3.05) is 7.11 Å². The van der Waals surface area contributed by atoms with Crippen molar-refractivity contribution in [1.82, 2.24) is 4.98 Å². The Hall–Kier alpha value is -1.29. The summed E-state index contributed by atoms with van der Waals surface area (Å²) in [6, 6.07) is 6.78. The van der Waals surface area contributed by atoms with Crippen LogP contribution in [0.1, 0.15) is 17.2 Å². The summed E-state index contributed by atoms with van der Waals surface area (Å²) >= 11 is 12.1. The van der Waals surface area contributed by atoms with Gasteiger partial charge in [0.2, 0.25) is 0 Å². The van der Waals surface area contributed by atoms with Crippen molar-refractivity contribution in [3.8, 4) is 5.75 Å². The van der Waals surface area contributed by atoms with Gasteiger partial charge in [-0.1, -0.05) is 29.3 Å². The fraction of sp³-hybridized carbons (Fsp3) is 0.154. The second-order valence-corrected chi connectivity index (χ2v) is 4.51. The molecule has 1 N–H and O–H groups in total. The first-order chi connectivity index (χ1) is 8.63. The molecule has 0 aliphatic rings. The summed E-state index contributed by atoms with van der Waals surface area (Å²) in [5.41, 5.74) is 1.04. The Labute approximate surface area is 115 Å². The van der Waals surface area contributed by atoms with Crippen molar-refractivity contribution in [3.05, 3.63) is 57.8 Å². The molecule has 0 saturated carbocycles.